The van der Waals surface area contributed by atoms with Crippen molar-refractivity contribution >= 4 is 5.84 Å². The lowest BCUT2D eigenvalue weighted by atomic mass is 10.5. The molecule has 0 saturated carbocycles. The molecule has 0 saturated heterocycles. The van der Waals surface area contributed by atoms with Crippen LogP contribution >= 0.6 is 0 Å². The molecule has 82 valence electrons. The van der Waals surface area contributed by atoms with Crippen LogP contribution in [-0.4, -0.2) is 30.6 Å². The number of hydrogen-bond acceptors (Lipinski definition) is 5. The van der Waals surface area contributed by atoms with E-state index in [1.54, 1.807) is 0 Å². The zero-order valence-corrected chi connectivity index (χ0v) is 8.03. The summed E-state index contributed by atoms with van der Waals surface area (Å²) in [7, 11) is 0. The van der Waals surface area contributed by atoms with Crippen molar-refractivity contribution in [1.82, 2.24) is 19.5 Å². The lowest BCUT2D eigenvalue weighted by Gasteiger charge is -2.03. The van der Waals surface area contributed by atoms with Crippen molar-refractivity contribution in [3.05, 3.63) is 41.0 Å². The van der Waals surface area contributed by atoms with Crippen LogP contribution in [0.3, 0.4) is 0 Å². The van der Waals surface area contributed by atoms with Gasteiger partial charge in [-0.2, -0.15) is 0 Å². The fourth-order valence-electron chi connectivity index (χ4n) is 1.22. The summed E-state index contributed by atoms with van der Waals surface area (Å²) in [4.78, 5) is 21.7. The van der Waals surface area contributed by atoms with Gasteiger partial charge < -0.3 is 15.9 Å². The summed E-state index contributed by atoms with van der Waals surface area (Å²) in [5.74, 6) is 0.0448. The number of nitrogens with two attached hydrogens (primary N) is 1. The number of rotatable bonds is 2. The number of amidine groups is 1. The van der Waals surface area contributed by atoms with E-state index in [0.29, 0.717) is 0 Å². The molecular weight excluding hydrogens is 212 g/mol. The molecule has 4 N–H and O–H groups in total. The summed E-state index contributed by atoms with van der Waals surface area (Å²) in [5.41, 5.74) is 5.01. The summed E-state index contributed by atoms with van der Waals surface area (Å²) < 4.78 is 1.33. The highest BCUT2D eigenvalue weighted by atomic mass is 16.4. The summed E-state index contributed by atoms with van der Waals surface area (Å²) in [6.07, 6.45) is 5.74. The van der Waals surface area contributed by atoms with Gasteiger partial charge in [0, 0.05) is 24.8 Å². The quantitative estimate of drug-likeness (QED) is 0.260. The molecule has 2 aromatic rings. The Hall–Kier alpha value is -2.64. The number of nitrogens with one attached hydrogen (secondary N) is 1. The Morgan fingerprint density at radius 2 is 2.31 bits per heavy atom. The summed E-state index contributed by atoms with van der Waals surface area (Å²) in [5, 5.41) is 11.4. The van der Waals surface area contributed by atoms with Gasteiger partial charge in [-0.1, -0.05) is 5.16 Å². The largest absolute Gasteiger partial charge is 0.409 e. The molecule has 2 rings (SSSR count). The third-order valence-electron chi connectivity index (χ3n) is 1.89. The monoisotopic (exact) mass is 220 g/mol. The average Bonchev–Trinajstić information content (AvgIpc) is 2.77. The molecule has 0 amide bonds. The summed E-state index contributed by atoms with van der Waals surface area (Å²) in [6, 6.07) is 0. The van der Waals surface area contributed by atoms with Crippen molar-refractivity contribution in [2.75, 3.05) is 0 Å². The summed E-state index contributed by atoms with van der Waals surface area (Å²) in [6.45, 7) is 0. The Balaban J connectivity index is 2.63. The zero-order chi connectivity index (χ0) is 11.5. The minimum atomic E-state index is -0.396. The van der Waals surface area contributed by atoms with E-state index < -0.39 is 5.56 Å². The van der Waals surface area contributed by atoms with E-state index >= 15 is 0 Å². The lowest BCUT2D eigenvalue weighted by molar-refractivity contribution is 0.318. The van der Waals surface area contributed by atoms with E-state index in [4.69, 9.17) is 10.9 Å². The molecule has 0 atom stereocenters. The predicted octanol–water partition coefficient (Wildman–Crippen LogP) is -0.950. The molecule has 0 aliphatic rings. The van der Waals surface area contributed by atoms with Crippen LogP contribution in [0.25, 0.3) is 5.82 Å². The Morgan fingerprint density at radius 3 is 3.00 bits per heavy atom. The van der Waals surface area contributed by atoms with Crippen molar-refractivity contribution in [2.24, 2.45) is 10.9 Å². The highest BCUT2D eigenvalue weighted by molar-refractivity contribution is 5.94. The third kappa shape index (κ3) is 1.52. The second kappa shape index (κ2) is 3.85. The SMILES string of the molecule is N/C(=N/O)c1nccn1-c1ncc[nH]c1=O. The Kier molecular flexibility index (Phi) is 2.38. The van der Waals surface area contributed by atoms with E-state index in [0.717, 1.165) is 0 Å². The number of H-pyrrole nitrogens is 1. The van der Waals surface area contributed by atoms with Crippen LogP contribution in [0.4, 0.5) is 0 Å². The normalized spacial score (nSPS) is 11.6. The Bertz CT molecular complexity index is 584. The molecule has 8 heteroatoms. The summed E-state index contributed by atoms with van der Waals surface area (Å²) >= 11 is 0. The second-order valence-electron chi connectivity index (χ2n) is 2.85. The lowest BCUT2D eigenvalue weighted by Crippen LogP contribution is -2.23. The standard InChI is InChI=1S/C8H8N6O2/c9-5(13-16)6-11-3-4-14(6)7-8(15)12-2-1-10-7/h1-4,16H,(H2,9,13)(H,12,15). The zero-order valence-electron chi connectivity index (χ0n) is 8.03. The number of aromatic amines is 1. The molecule has 0 fully saturated rings. The van der Waals surface area contributed by atoms with E-state index in [2.05, 4.69) is 20.1 Å². The van der Waals surface area contributed by atoms with Crippen molar-refractivity contribution in [3.8, 4) is 5.82 Å². The van der Waals surface area contributed by atoms with Gasteiger partial charge in [-0.25, -0.2) is 9.97 Å². The fourth-order valence-corrected chi connectivity index (χ4v) is 1.22. The van der Waals surface area contributed by atoms with Gasteiger partial charge in [0.15, 0.2) is 5.82 Å². The Morgan fingerprint density at radius 1 is 1.50 bits per heavy atom. The third-order valence-corrected chi connectivity index (χ3v) is 1.89. The smallest absolute Gasteiger partial charge is 0.291 e. The molecule has 0 spiro atoms. The molecule has 0 radical (unpaired) electrons. The minimum absolute atomic E-state index is 0.0987. The predicted molar refractivity (Wildman–Crippen MR) is 54.5 cm³/mol. The minimum Gasteiger partial charge on any atom is -0.409 e. The first kappa shape index (κ1) is 9.90. The molecule has 0 aromatic carbocycles. The molecule has 0 aliphatic heterocycles. The first-order chi connectivity index (χ1) is 7.74. The van der Waals surface area contributed by atoms with Gasteiger partial charge in [0.25, 0.3) is 5.56 Å². The van der Waals surface area contributed by atoms with E-state index in [1.165, 1.54) is 29.4 Å². The average molecular weight is 220 g/mol. The highest BCUT2D eigenvalue weighted by Gasteiger charge is 2.12. The van der Waals surface area contributed by atoms with Crippen LogP contribution in [0.5, 0.6) is 0 Å². The van der Waals surface area contributed by atoms with Crippen LogP contribution in [-0.2, 0) is 0 Å². The maximum Gasteiger partial charge on any atom is 0.291 e. The maximum atomic E-state index is 11.5. The molecule has 2 heterocycles. The van der Waals surface area contributed by atoms with Crippen LogP contribution in [0, 0.1) is 0 Å². The number of aromatic nitrogens is 4. The van der Waals surface area contributed by atoms with Crippen molar-refractivity contribution in [2.45, 2.75) is 0 Å². The van der Waals surface area contributed by atoms with Crippen LogP contribution in [0.15, 0.2) is 34.7 Å². The molecule has 0 aliphatic carbocycles. The topological polar surface area (TPSA) is 122 Å². The molecule has 0 unspecified atom stereocenters. The van der Waals surface area contributed by atoms with Crippen molar-refractivity contribution < 1.29 is 5.21 Å². The van der Waals surface area contributed by atoms with E-state index in [9.17, 15) is 4.79 Å². The van der Waals surface area contributed by atoms with Gasteiger partial charge in [-0.05, 0) is 0 Å². The molecule has 0 bridgehead atoms. The molecular formula is C8H8N6O2. The van der Waals surface area contributed by atoms with Gasteiger partial charge in [-0.15, -0.1) is 0 Å². The molecule has 2 aromatic heterocycles. The van der Waals surface area contributed by atoms with Gasteiger partial charge in [0.05, 0.1) is 0 Å². The molecule has 16 heavy (non-hydrogen) atoms. The number of hydrogen-bond donors (Lipinski definition) is 3. The highest BCUT2D eigenvalue weighted by Crippen LogP contribution is 2.02. The van der Waals surface area contributed by atoms with Crippen molar-refractivity contribution in [1.29, 1.82) is 0 Å². The van der Waals surface area contributed by atoms with E-state index in [1.807, 2.05) is 0 Å². The first-order valence-electron chi connectivity index (χ1n) is 4.29. The van der Waals surface area contributed by atoms with Gasteiger partial charge >= 0.3 is 0 Å². The van der Waals surface area contributed by atoms with Gasteiger partial charge in [0.1, 0.15) is 0 Å². The van der Waals surface area contributed by atoms with Crippen LogP contribution < -0.4 is 11.3 Å². The van der Waals surface area contributed by atoms with Gasteiger partial charge in [0.2, 0.25) is 11.7 Å². The maximum absolute atomic E-state index is 11.5. The number of nitrogens with zero attached hydrogens (tertiary/aromatic N) is 4. The van der Waals surface area contributed by atoms with Crippen molar-refractivity contribution in [3.63, 3.8) is 0 Å². The number of oxime groups is 1. The van der Waals surface area contributed by atoms with Gasteiger partial charge in [-0.3, -0.25) is 9.36 Å². The Labute approximate surface area is 89.1 Å². The second-order valence-corrected chi connectivity index (χ2v) is 2.85. The van der Waals surface area contributed by atoms with E-state index in [-0.39, 0.29) is 17.5 Å². The fraction of sp³-hybridized carbons (Fsp3) is 0. The molecule has 8 nitrogen and oxygen atoms in total. The number of imidazole rings is 1. The van der Waals surface area contributed by atoms with Crippen LogP contribution in [0.1, 0.15) is 5.82 Å². The van der Waals surface area contributed by atoms with Crippen LogP contribution in [0.2, 0.25) is 0 Å². The first-order valence-corrected chi connectivity index (χ1v) is 4.29.